The average molecular weight is 287 g/mol. The van der Waals surface area contributed by atoms with Crippen LogP contribution < -0.4 is 4.72 Å². The van der Waals surface area contributed by atoms with Crippen LogP contribution in [0.2, 0.25) is 0 Å². The van der Waals surface area contributed by atoms with Gasteiger partial charge < -0.3 is 5.11 Å². The maximum Gasteiger partial charge on any atom is 0.322 e. The second kappa shape index (κ2) is 6.31. The first-order valence-corrected chi connectivity index (χ1v) is 8.69. The Morgan fingerprint density at radius 2 is 1.82 bits per heavy atom. The van der Waals surface area contributed by atoms with Gasteiger partial charge in [-0.05, 0) is 6.42 Å². The lowest BCUT2D eigenvalue weighted by molar-refractivity contribution is -0.138. The highest BCUT2D eigenvalue weighted by molar-refractivity contribution is 7.91. The summed E-state index contributed by atoms with van der Waals surface area (Å²) in [5.74, 6) is -2.47. The molecule has 0 spiro atoms. The minimum Gasteiger partial charge on any atom is -0.480 e. The molecule has 0 aliphatic carbocycles. The first-order chi connectivity index (χ1) is 7.57. The van der Waals surface area contributed by atoms with Gasteiger partial charge in [-0.15, -0.1) is 0 Å². The lowest BCUT2D eigenvalue weighted by Gasteiger charge is -2.13. The smallest absolute Gasteiger partial charge is 0.322 e. The van der Waals surface area contributed by atoms with Crippen molar-refractivity contribution in [2.45, 2.75) is 25.8 Å². The van der Waals surface area contributed by atoms with E-state index in [1.807, 2.05) is 4.72 Å². The Balaban J connectivity index is 4.72. The number of carbonyl (C=O) groups is 1. The third-order valence-corrected chi connectivity index (χ3v) is 4.26. The van der Waals surface area contributed by atoms with E-state index in [4.69, 9.17) is 5.11 Å². The van der Waals surface area contributed by atoms with Gasteiger partial charge in [0.25, 0.3) is 0 Å². The van der Waals surface area contributed by atoms with E-state index in [1.54, 1.807) is 6.92 Å². The second-order valence-electron chi connectivity index (χ2n) is 3.77. The Kier molecular flexibility index (Phi) is 6.06. The van der Waals surface area contributed by atoms with Gasteiger partial charge in [0.05, 0.1) is 11.5 Å². The van der Waals surface area contributed by atoms with Crippen molar-refractivity contribution < 1.29 is 26.7 Å². The molecule has 0 saturated heterocycles. The lowest BCUT2D eigenvalue weighted by Crippen LogP contribution is -2.45. The molecule has 0 aliphatic rings. The fraction of sp³-hybridized carbons (Fsp3) is 0.875. The molecule has 0 heterocycles. The van der Waals surface area contributed by atoms with Gasteiger partial charge in [-0.2, -0.15) is 4.72 Å². The average Bonchev–Trinajstić information content (AvgIpc) is 2.11. The molecule has 0 rings (SSSR count). The van der Waals surface area contributed by atoms with E-state index in [1.165, 1.54) is 0 Å². The highest BCUT2D eigenvalue weighted by Crippen LogP contribution is 1.99. The van der Waals surface area contributed by atoms with Crippen molar-refractivity contribution >= 4 is 25.8 Å². The topological polar surface area (TPSA) is 118 Å². The molecular formula is C8H17NO6S2. The van der Waals surface area contributed by atoms with Crippen LogP contribution in [0.25, 0.3) is 0 Å². The van der Waals surface area contributed by atoms with Crippen LogP contribution in [0.1, 0.15) is 19.8 Å². The van der Waals surface area contributed by atoms with Gasteiger partial charge in [0.1, 0.15) is 15.9 Å². The van der Waals surface area contributed by atoms with Gasteiger partial charge in [0, 0.05) is 6.26 Å². The molecule has 7 nitrogen and oxygen atoms in total. The summed E-state index contributed by atoms with van der Waals surface area (Å²) in [4.78, 5) is 10.7. The summed E-state index contributed by atoms with van der Waals surface area (Å²) in [7, 11) is -7.32. The predicted molar refractivity (Wildman–Crippen MR) is 63.0 cm³/mol. The predicted octanol–water partition coefficient (Wildman–Crippen LogP) is -0.796. The van der Waals surface area contributed by atoms with Gasteiger partial charge in [0.15, 0.2) is 0 Å². The molecule has 0 aromatic heterocycles. The number of carboxylic acid groups (broad SMARTS) is 1. The molecule has 0 unspecified atom stereocenters. The Hall–Kier alpha value is -0.670. The van der Waals surface area contributed by atoms with Crippen molar-refractivity contribution in [3.05, 3.63) is 0 Å². The molecule has 0 saturated carbocycles. The third kappa shape index (κ3) is 8.11. The van der Waals surface area contributed by atoms with Crippen molar-refractivity contribution in [2.75, 3.05) is 17.8 Å². The van der Waals surface area contributed by atoms with Crippen molar-refractivity contribution in [3.63, 3.8) is 0 Å². The van der Waals surface area contributed by atoms with E-state index in [9.17, 15) is 21.6 Å². The van der Waals surface area contributed by atoms with Crippen LogP contribution in [0.4, 0.5) is 0 Å². The molecule has 17 heavy (non-hydrogen) atoms. The maximum absolute atomic E-state index is 11.4. The van der Waals surface area contributed by atoms with E-state index in [-0.39, 0.29) is 5.75 Å². The summed E-state index contributed by atoms with van der Waals surface area (Å²) < 4.78 is 46.6. The third-order valence-electron chi connectivity index (χ3n) is 1.86. The summed E-state index contributed by atoms with van der Waals surface area (Å²) >= 11 is 0. The summed E-state index contributed by atoms with van der Waals surface area (Å²) in [5.41, 5.74) is 0. The van der Waals surface area contributed by atoms with Crippen LogP contribution in [0.5, 0.6) is 0 Å². The highest BCUT2D eigenvalue weighted by Gasteiger charge is 2.27. The number of unbranched alkanes of at least 4 members (excludes halogenated alkanes) is 1. The van der Waals surface area contributed by atoms with Crippen LogP contribution in [0.15, 0.2) is 0 Å². The zero-order valence-electron chi connectivity index (χ0n) is 9.71. The van der Waals surface area contributed by atoms with E-state index in [0.29, 0.717) is 12.8 Å². The Morgan fingerprint density at radius 3 is 2.18 bits per heavy atom. The molecule has 0 bridgehead atoms. The Morgan fingerprint density at radius 1 is 1.29 bits per heavy atom. The Labute approximate surface area is 101 Å². The van der Waals surface area contributed by atoms with E-state index in [2.05, 4.69) is 0 Å². The molecule has 0 amide bonds. The molecule has 9 heteroatoms. The number of hydrogen-bond donors (Lipinski definition) is 2. The van der Waals surface area contributed by atoms with Crippen molar-refractivity contribution in [3.8, 4) is 0 Å². The number of sulfone groups is 1. The number of hydrogen-bond acceptors (Lipinski definition) is 5. The largest absolute Gasteiger partial charge is 0.480 e. The first kappa shape index (κ1) is 16.3. The molecular weight excluding hydrogens is 270 g/mol. The highest BCUT2D eigenvalue weighted by atomic mass is 32.2. The first-order valence-electron chi connectivity index (χ1n) is 4.98. The number of aliphatic carboxylic acids is 1. The molecule has 0 fully saturated rings. The number of carboxylic acids is 1. The van der Waals surface area contributed by atoms with Crippen LogP contribution in [0, 0.1) is 0 Å². The lowest BCUT2D eigenvalue weighted by atomic mass is 10.4. The zero-order valence-corrected chi connectivity index (χ0v) is 11.3. The second-order valence-corrected chi connectivity index (χ2v) is 7.83. The van der Waals surface area contributed by atoms with Crippen LogP contribution >= 0.6 is 0 Å². The van der Waals surface area contributed by atoms with Crippen molar-refractivity contribution in [1.82, 2.24) is 4.72 Å². The van der Waals surface area contributed by atoms with Crippen LogP contribution in [0.3, 0.4) is 0 Å². The van der Waals surface area contributed by atoms with Gasteiger partial charge in [0.2, 0.25) is 10.0 Å². The van der Waals surface area contributed by atoms with Gasteiger partial charge in [-0.3, -0.25) is 4.79 Å². The number of sulfonamides is 1. The normalized spacial score (nSPS) is 14.5. The summed E-state index contributed by atoms with van der Waals surface area (Å²) in [6.45, 7) is 1.79. The van der Waals surface area contributed by atoms with Gasteiger partial charge in [-0.25, -0.2) is 16.8 Å². The zero-order chi connectivity index (χ0) is 13.7. The summed E-state index contributed by atoms with van der Waals surface area (Å²) in [5, 5.41) is 8.73. The quantitative estimate of drug-likeness (QED) is 0.603. The Bertz CT molecular complexity index is 452. The van der Waals surface area contributed by atoms with Gasteiger partial charge in [-0.1, -0.05) is 13.3 Å². The minimum atomic E-state index is -3.76. The van der Waals surface area contributed by atoms with Crippen molar-refractivity contribution in [2.24, 2.45) is 0 Å². The molecule has 0 aromatic carbocycles. The molecule has 0 aliphatic heterocycles. The fourth-order valence-corrected chi connectivity index (χ4v) is 3.41. The number of nitrogens with one attached hydrogen (secondary N) is 1. The monoisotopic (exact) mass is 287 g/mol. The molecule has 2 N–H and O–H groups in total. The van der Waals surface area contributed by atoms with E-state index in [0.717, 1.165) is 6.26 Å². The summed E-state index contributed by atoms with van der Waals surface area (Å²) in [6.07, 6.45) is 1.88. The molecule has 102 valence electrons. The minimum absolute atomic E-state index is 0.211. The van der Waals surface area contributed by atoms with Crippen LogP contribution in [-0.4, -0.2) is 51.7 Å². The summed E-state index contributed by atoms with van der Waals surface area (Å²) in [6, 6.07) is -1.63. The standard InChI is InChI=1S/C8H17NO6S2/c1-3-4-5-17(14,15)9-7(8(10)11)6-16(2,12)13/h7,9H,3-6H2,1-2H3,(H,10,11)/t7-/m0/s1. The molecule has 1 atom stereocenters. The van der Waals surface area contributed by atoms with Crippen molar-refractivity contribution in [1.29, 1.82) is 0 Å². The SMILES string of the molecule is CCCCS(=O)(=O)N[C@@H](CS(C)(=O)=O)C(=O)O. The van der Waals surface area contributed by atoms with E-state index >= 15 is 0 Å². The fourth-order valence-electron chi connectivity index (χ4n) is 1.07. The van der Waals surface area contributed by atoms with E-state index < -0.39 is 37.6 Å². The van der Waals surface area contributed by atoms with Crippen LogP contribution in [-0.2, 0) is 24.7 Å². The number of rotatable bonds is 8. The molecule has 0 aromatic rings. The van der Waals surface area contributed by atoms with Gasteiger partial charge >= 0.3 is 5.97 Å². The molecule has 0 radical (unpaired) electrons. The maximum atomic E-state index is 11.4.